The number of halogens is 1. The molecular weight excluding hydrogens is 515 g/mol. The number of guanidine groups is 1. The lowest BCUT2D eigenvalue weighted by Gasteiger charge is -2.34. The topological polar surface area (TPSA) is 56.2 Å². The Bertz CT molecular complexity index is 794. The molecule has 1 N–H and O–H groups in total. The van der Waals surface area contributed by atoms with E-state index < -0.39 is 0 Å². The molecule has 0 aliphatic carbocycles. The van der Waals surface area contributed by atoms with Crippen LogP contribution in [0.2, 0.25) is 0 Å². The van der Waals surface area contributed by atoms with Crippen molar-refractivity contribution < 1.29 is 4.74 Å². The number of para-hydroxylation sites is 1. The first-order chi connectivity index (χ1) is 15.2. The molecule has 8 heteroatoms. The van der Waals surface area contributed by atoms with Crippen LogP contribution in [0.5, 0.6) is 5.75 Å². The number of likely N-dealkylation sites (N-methyl/N-ethyl adjacent to an activating group) is 2. The Kier molecular flexibility index (Phi) is 11.6. The third kappa shape index (κ3) is 8.12. The number of ether oxygens (including phenoxy) is 1. The van der Waals surface area contributed by atoms with Gasteiger partial charge in [0.1, 0.15) is 18.2 Å². The van der Waals surface area contributed by atoms with Crippen molar-refractivity contribution in [2.45, 2.75) is 20.4 Å². The second kappa shape index (κ2) is 14.2. The van der Waals surface area contributed by atoms with E-state index in [2.05, 4.69) is 51.0 Å². The van der Waals surface area contributed by atoms with Gasteiger partial charge in [0.15, 0.2) is 5.96 Å². The number of nitrogens with zero attached hydrogens (tertiary/aromatic N) is 5. The van der Waals surface area contributed by atoms with Crippen LogP contribution >= 0.6 is 24.0 Å². The molecule has 0 unspecified atom stereocenters. The van der Waals surface area contributed by atoms with Crippen LogP contribution in [0.1, 0.15) is 19.4 Å². The summed E-state index contributed by atoms with van der Waals surface area (Å²) in [6.07, 6.45) is 1.95. The van der Waals surface area contributed by atoms with E-state index in [1.165, 1.54) is 0 Å². The maximum absolute atomic E-state index is 5.81. The summed E-state index contributed by atoms with van der Waals surface area (Å²) in [6.45, 7) is 12.5. The monoisotopic (exact) mass is 552 g/mol. The van der Waals surface area contributed by atoms with Gasteiger partial charge >= 0.3 is 0 Å². The Morgan fingerprint density at radius 2 is 1.84 bits per heavy atom. The molecule has 1 aliphatic heterocycles. The summed E-state index contributed by atoms with van der Waals surface area (Å²) < 4.78 is 5.81. The molecule has 1 aromatic heterocycles. The van der Waals surface area contributed by atoms with Gasteiger partial charge in [-0.25, -0.2) is 9.98 Å². The van der Waals surface area contributed by atoms with E-state index in [9.17, 15) is 0 Å². The van der Waals surface area contributed by atoms with Crippen molar-refractivity contribution in [3.8, 4) is 5.75 Å². The molecule has 176 valence electrons. The maximum atomic E-state index is 5.81. The van der Waals surface area contributed by atoms with Crippen molar-refractivity contribution >= 4 is 35.8 Å². The number of rotatable bonds is 9. The summed E-state index contributed by atoms with van der Waals surface area (Å²) in [5, 5.41) is 3.36. The highest BCUT2D eigenvalue weighted by Crippen LogP contribution is 2.14. The molecule has 7 nitrogen and oxygen atoms in total. The summed E-state index contributed by atoms with van der Waals surface area (Å²) in [7, 11) is 2.03. The molecule has 0 amide bonds. The maximum Gasteiger partial charge on any atom is 0.194 e. The van der Waals surface area contributed by atoms with Gasteiger partial charge in [0.05, 0.1) is 13.1 Å². The lowest BCUT2D eigenvalue weighted by atomic mass is 10.2. The van der Waals surface area contributed by atoms with Crippen LogP contribution in [0.25, 0.3) is 0 Å². The fraction of sp³-hybridized carbons (Fsp3) is 0.500. The van der Waals surface area contributed by atoms with Crippen LogP contribution in [-0.4, -0.2) is 80.2 Å². The van der Waals surface area contributed by atoms with E-state index >= 15 is 0 Å². The molecule has 0 radical (unpaired) electrons. The summed E-state index contributed by atoms with van der Waals surface area (Å²) in [5.74, 6) is 2.82. The average Bonchev–Trinajstić information content (AvgIpc) is 2.83. The lowest BCUT2D eigenvalue weighted by Crippen LogP contribution is -2.46. The first-order valence-electron chi connectivity index (χ1n) is 11.3. The van der Waals surface area contributed by atoms with Gasteiger partial charge in [0, 0.05) is 46.0 Å². The van der Waals surface area contributed by atoms with Gasteiger partial charge in [-0.15, -0.1) is 24.0 Å². The van der Waals surface area contributed by atoms with E-state index in [0.29, 0.717) is 13.2 Å². The van der Waals surface area contributed by atoms with E-state index in [4.69, 9.17) is 9.73 Å². The molecule has 2 aromatic rings. The number of anilines is 1. The van der Waals surface area contributed by atoms with Gasteiger partial charge in [-0.05, 0) is 37.2 Å². The molecule has 0 bridgehead atoms. The zero-order valence-corrected chi connectivity index (χ0v) is 21.9. The number of benzene rings is 1. The molecule has 0 atom stereocenters. The first-order valence-corrected chi connectivity index (χ1v) is 11.3. The summed E-state index contributed by atoms with van der Waals surface area (Å²) in [4.78, 5) is 16.4. The van der Waals surface area contributed by atoms with Crippen molar-refractivity contribution in [2.75, 3.05) is 64.4 Å². The second-order valence-corrected chi connectivity index (χ2v) is 7.70. The van der Waals surface area contributed by atoms with Gasteiger partial charge in [-0.3, -0.25) is 0 Å². The lowest BCUT2D eigenvalue weighted by molar-refractivity contribution is 0.270. The molecule has 1 aromatic carbocycles. The third-order valence-corrected chi connectivity index (χ3v) is 5.50. The fourth-order valence-electron chi connectivity index (χ4n) is 3.55. The first kappa shape index (κ1) is 26.2. The normalized spacial score (nSPS) is 14.6. The van der Waals surface area contributed by atoms with Crippen molar-refractivity contribution in [1.82, 2.24) is 20.1 Å². The van der Waals surface area contributed by atoms with Gasteiger partial charge in [-0.2, -0.15) is 0 Å². The Labute approximate surface area is 209 Å². The highest BCUT2D eigenvalue weighted by atomic mass is 127. The van der Waals surface area contributed by atoms with Crippen molar-refractivity contribution in [1.29, 1.82) is 0 Å². The Morgan fingerprint density at radius 1 is 1.09 bits per heavy atom. The SMILES string of the molecule is CCNC(=NCc1ccc(N2CCN(CC)CC2)nc1)N(C)CCOc1ccccc1.I. The van der Waals surface area contributed by atoms with Crippen LogP contribution in [0.3, 0.4) is 0 Å². The standard InChI is InChI=1S/C24H36N6O.HI/c1-4-25-24(28(3)17-18-31-22-9-7-6-8-10-22)27-20-21-11-12-23(26-19-21)30-15-13-29(5-2)14-16-30;/h6-12,19H,4-5,13-18,20H2,1-3H3,(H,25,27);1H. The smallest absolute Gasteiger partial charge is 0.194 e. The third-order valence-electron chi connectivity index (χ3n) is 5.50. The van der Waals surface area contributed by atoms with E-state index in [0.717, 1.165) is 68.9 Å². The average molecular weight is 553 g/mol. The Morgan fingerprint density at radius 3 is 2.47 bits per heavy atom. The Balaban J connectivity index is 0.00000363. The van der Waals surface area contributed by atoms with E-state index in [1.54, 1.807) is 0 Å². The molecule has 1 fully saturated rings. The number of pyridine rings is 1. The van der Waals surface area contributed by atoms with Crippen LogP contribution < -0.4 is 15.0 Å². The number of piperazine rings is 1. The van der Waals surface area contributed by atoms with Crippen molar-refractivity contribution in [3.63, 3.8) is 0 Å². The summed E-state index contributed by atoms with van der Waals surface area (Å²) in [5.41, 5.74) is 1.11. The van der Waals surface area contributed by atoms with Gasteiger partial charge in [0.2, 0.25) is 0 Å². The quantitative estimate of drug-likeness (QED) is 0.293. The minimum Gasteiger partial charge on any atom is -0.492 e. The summed E-state index contributed by atoms with van der Waals surface area (Å²) >= 11 is 0. The van der Waals surface area contributed by atoms with Crippen LogP contribution in [0.15, 0.2) is 53.7 Å². The molecule has 3 rings (SSSR count). The van der Waals surface area contributed by atoms with Crippen LogP contribution in [0, 0.1) is 0 Å². The molecular formula is C24H37IN6O. The number of hydrogen-bond acceptors (Lipinski definition) is 5. The van der Waals surface area contributed by atoms with Gasteiger partial charge in [0.25, 0.3) is 0 Å². The second-order valence-electron chi connectivity index (χ2n) is 7.70. The molecule has 1 aliphatic rings. The molecule has 0 spiro atoms. The zero-order valence-electron chi connectivity index (χ0n) is 19.5. The molecule has 0 saturated carbocycles. The number of hydrogen-bond donors (Lipinski definition) is 1. The molecule has 32 heavy (non-hydrogen) atoms. The van der Waals surface area contributed by atoms with Gasteiger partial charge in [-0.1, -0.05) is 31.2 Å². The number of aromatic nitrogens is 1. The minimum absolute atomic E-state index is 0. The number of nitrogens with one attached hydrogen (secondary N) is 1. The highest BCUT2D eigenvalue weighted by Gasteiger charge is 2.16. The predicted molar refractivity (Wildman–Crippen MR) is 143 cm³/mol. The number of aliphatic imine (C=N–C) groups is 1. The fourth-order valence-corrected chi connectivity index (χ4v) is 3.55. The van der Waals surface area contributed by atoms with E-state index in [-0.39, 0.29) is 24.0 Å². The van der Waals surface area contributed by atoms with Gasteiger partial charge < -0.3 is 24.8 Å². The van der Waals surface area contributed by atoms with Crippen LogP contribution in [0.4, 0.5) is 5.82 Å². The molecule has 1 saturated heterocycles. The van der Waals surface area contributed by atoms with Crippen LogP contribution in [-0.2, 0) is 6.54 Å². The summed E-state index contributed by atoms with van der Waals surface area (Å²) in [6, 6.07) is 14.2. The molecule has 2 heterocycles. The Hall–Kier alpha value is -2.07. The predicted octanol–water partition coefficient (Wildman–Crippen LogP) is 3.32. The van der Waals surface area contributed by atoms with Crippen molar-refractivity contribution in [3.05, 3.63) is 54.2 Å². The zero-order chi connectivity index (χ0) is 21.9. The van der Waals surface area contributed by atoms with E-state index in [1.807, 2.05) is 43.6 Å². The highest BCUT2D eigenvalue weighted by molar-refractivity contribution is 14.0. The van der Waals surface area contributed by atoms with Crippen molar-refractivity contribution in [2.24, 2.45) is 4.99 Å². The largest absolute Gasteiger partial charge is 0.492 e. The minimum atomic E-state index is 0.